The molecule has 1 aliphatic rings. The van der Waals surface area contributed by atoms with Crippen molar-refractivity contribution in [1.82, 2.24) is 4.90 Å². The van der Waals surface area contributed by atoms with Gasteiger partial charge in [-0.05, 0) is 43.5 Å². The Hall–Kier alpha value is -2.42. The number of rotatable bonds is 5. The van der Waals surface area contributed by atoms with Gasteiger partial charge in [-0.15, -0.1) is 0 Å². The highest BCUT2D eigenvalue weighted by Crippen LogP contribution is 2.18. The molecule has 0 saturated heterocycles. The third-order valence-corrected chi connectivity index (χ3v) is 3.78. The van der Waals surface area contributed by atoms with Gasteiger partial charge in [0.25, 0.3) is 0 Å². The lowest BCUT2D eigenvalue weighted by atomic mass is 10.0. The first-order chi connectivity index (χ1) is 11.0. The number of allylic oxidation sites excluding steroid dienone is 4. The summed E-state index contributed by atoms with van der Waals surface area (Å²) in [6, 6.07) is 7.87. The Morgan fingerprint density at radius 1 is 1.22 bits per heavy atom. The second kappa shape index (κ2) is 7.73. The number of amides is 1. The van der Waals surface area contributed by atoms with Crippen LogP contribution in [0, 0.1) is 0 Å². The van der Waals surface area contributed by atoms with Gasteiger partial charge in [0.05, 0.1) is 0 Å². The van der Waals surface area contributed by atoms with Gasteiger partial charge in [0.1, 0.15) is 0 Å². The van der Waals surface area contributed by atoms with E-state index in [1.807, 2.05) is 50.3 Å². The van der Waals surface area contributed by atoms with E-state index in [9.17, 15) is 9.59 Å². The van der Waals surface area contributed by atoms with Crippen LogP contribution in [-0.4, -0.2) is 23.6 Å². The lowest BCUT2D eigenvalue weighted by Gasteiger charge is -2.22. The maximum absolute atomic E-state index is 12.0. The number of ketones is 1. The predicted molar refractivity (Wildman–Crippen MR) is 93.7 cm³/mol. The van der Waals surface area contributed by atoms with E-state index in [4.69, 9.17) is 0 Å². The minimum Gasteiger partial charge on any atom is -0.316 e. The molecule has 0 atom stereocenters. The maximum Gasteiger partial charge on any atom is 0.227 e. The fourth-order valence-corrected chi connectivity index (χ4v) is 2.57. The van der Waals surface area contributed by atoms with Crippen LogP contribution in [-0.2, 0) is 16.0 Å². The van der Waals surface area contributed by atoms with E-state index in [1.54, 1.807) is 18.0 Å². The Bertz CT molecular complexity index is 691. The average Bonchev–Trinajstić information content (AvgIpc) is 2.49. The molecule has 0 spiro atoms. The Labute approximate surface area is 138 Å². The topological polar surface area (TPSA) is 37.4 Å². The van der Waals surface area contributed by atoms with Crippen molar-refractivity contribution in [2.75, 3.05) is 7.05 Å². The average molecular weight is 309 g/mol. The van der Waals surface area contributed by atoms with Crippen molar-refractivity contribution in [1.29, 1.82) is 0 Å². The maximum atomic E-state index is 12.0. The van der Waals surface area contributed by atoms with E-state index in [-0.39, 0.29) is 11.7 Å². The highest BCUT2D eigenvalue weighted by Gasteiger charge is 2.15. The molecule has 3 heteroatoms. The molecule has 23 heavy (non-hydrogen) atoms. The quantitative estimate of drug-likeness (QED) is 0.773. The van der Waals surface area contributed by atoms with Gasteiger partial charge in [0.2, 0.25) is 5.91 Å². The molecule has 1 heterocycles. The van der Waals surface area contributed by atoms with Gasteiger partial charge in [-0.25, -0.2) is 0 Å². The summed E-state index contributed by atoms with van der Waals surface area (Å²) in [6.07, 6.45) is 9.41. The molecule has 1 aromatic rings. The third kappa shape index (κ3) is 4.78. The largest absolute Gasteiger partial charge is 0.316 e. The molecule has 0 bridgehead atoms. The standard InChI is InChI=1S/C20H23NO2/c1-15(2)13-19(22)14-17-8-5-4-7-16(17)11-12-18-9-6-10-20(23)21(18)3/h4-5,7-9,11-13H,6,10,14H2,1-3H3/b12-11+. The number of nitrogens with zero attached hydrogens (tertiary/aromatic N) is 1. The van der Waals surface area contributed by atoms with E-state index >= 15 is 0 Å². The van der Waals surface area contributed by atoms with Crippen LogP contribution in [0.4, 0.5) is 0 Å². The number of hydrogen-bond acceptors (Lipinski definition) is 2. The van der Waals surface area contributed by atoms with Crippen molar-refractivity contribution in [2.24, 2.45) is 0 Å². The van der Waals surface area contributed by atoms with Crippen LogP contribution in [0.25, 0.3) is 6.08 Å². The molecule has 3 nitrogen and oxygen atoms in total. The summed E-state index contributed by atoms with van der Waals surface area (Å²) in [7, 11) is 1.79. The summed E-state index contributed by atoms with van der Waals surface area (Å²) in [4.78, 5) is 25.4. The van der Waals surface area contributed by atoms with Gasteiger partial charge in [-0.2, -0.15) is 0 Å². The molecule has 0 N–H and O–H groups in total. The van der Waals surface area contributed by atoms with Crippen LogP contribution in [0.2, 0.25) is 0 Å². The van der Waals surface area contributed by atoms with Crippen molar-refractivity contribution in [3.63, 3.8) is 0 Å². The van der Waals surface area contributed by atoms with Crippen molar-refractivity contribution in [2.45, 2.75) is 33.1 Å². The first-order valence-electron chi connectivity index (χ1n) is 7.88. The van der Waals surface area contributed by atoms with E-state index in [0.717, 1.165) is 28.8 Å². The van der Waals surface area contributed by atoms with Crippen LogP contribution < -0.4 is 0 Å². The summed E-state index contributed by atoms with van der Waals surface area (Å²) in [6.45, 7) is 3.85. The van der Waals surface area contributed by atoms with Crippen LogP contribution in [0.5, 0.6) is 0 Å². The summed E-state index contributed by atoms with van der Waals surface area (Å²) < 4.78 is 0. The van der Waals surface area contributed by atoms with Gasteiger partial charge in [0, 0.05) is 25.6 Å². The number of likely N-dealkylation sites (N-methyl/N-ethyl adjacent to an activating group) is 1. The number of hydrogen-bond donors (Lipinski definition) is 0. The van der Waals surface area contributed by atoms with E-state index in [0.29, 0.717) is 12.8 Å². The molecule has 120 valence electrons. The van der Waals surface area contributed by atoms with E-state index in [1.165, 1.54) is 0 Å². The van der Waals surface area contributed by atoms with Gasteiger partial charge < -0.3 is 4.90 Å². The number of carbonyl (C=O) groups excluding carboxylic acids is 2. The molecule has 0 aliphatic carbocycles. The minimum absolute atomic E-state index is 0.107. The monoisotopic (exact) mass is 309 g/mol. The highest BCUT2D eigenvalue weighted by atomic mass is 16.2. The first kappa shape index (κ1) is 16.9. The molecule has 1 aromatic carbocycles. The lowest BCUT2D eigenvalue weighted by Crippen LogP contribution is -2.27. The van der Waals surface area contributed by atoms with Crippen LogP contribution >= 0.6 is 0 Å². The summed E-state index contributed by atoms with van der Waals surface area (Å²) >= 11 is 0. The second-order valence-electron chi connectivity index (χ2n) is 6.02. The number of carbonyl (C=O) groups is 2. The summed E-state index contributed by atoms with van der Waals surface area (Å²) in [5.41, 5.74) is 3.93. The normalized spacial score (nSPS) is 14.8. The molecule has 1 aliphatic heterocycles. The first-order valence-corrected chi connectivity index (χ1v) is 7.88. The molecule has 0 fully saturated rings. The Morgan fingerprint density at radius 2 is 1.96 bits per heavy atom. The van der Waals surface area contributed by atoms with Gasteiger partial charge in [0.15, 0.2) is 5.78 Å². The Morgan fingerprint density at radius 3 is 2.70 bits per heavy atom. The predicted octanol–water partition coefficient (Wildman–Crippen LogP) is 3.91. The fourth-order valence-electron chi connectivity index (χ4n) is 2.57. The van der Waals surface area contributed by atoms with Crippen LogP contribution in [0.1, 0.15) is 37.8 Å². The summed E-state index contributed by atoms with van der Waals surface area (Å²) in [5, 5.41) is 0. The SMILES string of the molecule is CC(C)=CC(=O)Cc1ccccc1/C=C/C1=CCCC(=O)N1C. The van der Waals surface area contributed by atoms with Crippen LogP contribution in [0.3, 0.4) is 0 Å². The molecule has 0 aromatic heterocycles. The summed E-state index contributed by atoms with van der Waals surface area (Å²) in [5.74, 6) is 0.245. The fraction of sp³-hybridized carbons (Fsp3) is 0.300. The third-order valence-electron chi connectivity index (χ3n) is 3.78. The molecule has 0 saturated carbocycles. The second-order valence-corrected chi connectivity index (χ2v) is 6.02. The molecular weight excluding hydrogens is 286 g/mol. The van der Waals surface area contributed by atoms with E-state index < -0.39 is 0 Å². The lowest BCUT2D eigenvalue weighted by molar-refractivity contribution is -0.128. The molecular formula is C20H23NO2. The zero-order valence-corrected chi connectivity index (χ0v) is 14.0. The van der Waals surface area contributed by atoms with Crippen molar-refractivity contribution in [3.8, 4) is 0 Å². The zero-order chi connectivity index (χ0) is 16.8. The van der Waals surface area contributed by atoms with Crippen LogP contribution in [0.15, 0.2) is 53.8 Å². The Balaban J connectivity index is 2.19. The van der Waals surface area contributed by atoms with Gasteiger partial charge in [-0.3, -0.25) is 9.59 Å². The van der Waals surface area contributed by atoms with E-state index in [2.05, 4.69) is 6.08 Å². The highest BCUT2D eigenvalue weighted by molar-refractivity contribution is 5.92. The van der Waals surface area contributed by atoms with Crippen molar-refractivity contribution < 1.29 is 9.59 Å². The smallest absolute Gasteiger partial charge is 0.227 e. The van der Waals surface area contributed by atoms with Gasteiger partial charge in [-0.1, -0.05) is 42.0 Å². The van der Waals surface area contributed by atoms with Crippen molar-refractivity contribution >= 4 is 17.8 Å². The molecule has 0 unspecified atom stereocenters. The van der Waals surface area contributed by atoms with Crippen molar-refractivity contribution in [3.05, 3.63) is 64.9 Å². The minimum atomic E-state index is 0.107. The molecule has 1 amide bonds. The number of benzene rings is 1. The molecule has 0 radical (unpaired) electrons. The molecule has 2 rings (SSSR count). The Kier molecular flexibility index (Phi) is 5.69. The zero-order valence-electron chi connectivity index (χ0n) is 14.0. The van der Waals surface area contributed by atoms with Gasteiger partial charge >= 0.3 is 0 Å².